The van der Waals surface area contributed by atoms with E-state index < -0.39 is 0 Å². The molecule has 5 heteroatoms. The molecular weight excluding hydrogens is 238 g/mol. The molecule has 0 fully saturated rings. The van der Waals surface area contributed by atoms with E-state index in [0.717, 1.165) is 15.9 Å². The number of nitrogens with zero attached hydrogens (tertiary/aromatic N) is 2. The summed E-state index contributed by atoms with van der Waals surface area (Å²) in [6.45, 7) is 6.58. The molecule has 0 aliphatic carbocycles. The summed E-state index contributed by atoms with van der Waals surface area (Å²) in [7, 11) is 0. The highest BCUT2D eigenvalue weighted by atomic mass is 32.2. The van der Waals surface area contributed by atoms with Crippen LogP contribution in [0.2, 0.25) is 0 Å². The van der Waals surface area contributed by atoms with E-state index in [1.54, 1.807) is 11.3 Å². The van der Waals surface area contributed by atoms with E-state index in [0.29, 0.717) is 12.0 Å². The Morgan fingerprint density at radius 1 is 1.44 bits per heavy atom. The predicted molar refractivity (Wildman–Crippen MR) is 72.2 cm³/mol. The van der Waals surface area contributed by atoms with Crippen molar-refractivity contribution in [2.45, 2.75) is 32.9 Å². The van der Waals surface area contributed by atoms with Crippen LogP contribution in [0.5, 0.6) is 0 Å². The van der Waals surface area contributed by atoms with Crippen molar-refractivity contribution in [1.29, 1.82) is 0 Å². The summed E-state index contributed by atoms with van der Waals surface area (Å²) in [6, 6.07) is 0.730. The lowest BCUT2D eigenvalue weighted by atomic mass is 10.1. The van der Waals surface area contributed by atoms with Gasteiger partial charge < -0.3 is 5.32 Å². The highest BCUT2D eigenvalue weighted by Crippen LogP contribution is 2.24. The molecule has 0 radical (unpaired) electrons. The van der Waals surface area contributed by atoms with Crippen LogP contribution in [-0.2, 0) is 0 Å². The van der Waals surface area contributed by atoms with E-state index in [4.69, 9.17) is 0 Å². The molecule has 1 aliphatic rings. The van der Waals surface area contributed by atoms with E-state index in [1.807, 2.05) is 23.3 Å². The Morgan fingerprint density at radius 3 is 2.81 bits per heavy atom. The Bertz CT molecular complexity index is 359. The van der Waals surface area contributed by atoms with E-state index in [9.17, 15) is 0 Å². The molecule has 1 aliphatic heterocycles. The number of aromatic nitrogens is 1. The van der Waals surface area contributed by atoms with Gasteiger partial charge in [0.2, 0.25) is 0 Å². The molecule has 2 rings (SSSR count). The first-order valence-electron chi connectivity index (χ1n) is 5.53. The maximum absolute atomic E-state index is 4.68. The van der Waals surface area contributed by atoms with Crippen LogP contribution in [0.25, 0.3) is 0 Å². The quantitative estimate of drug-likeness (QED) is 0.902. The normalized spacial score (nSPS) is 22.2. The molecule has 0 amide bonds. The van der Waals surface area contributed by atoms with Gasteiger partial charge in [0, 0.05) is 17.3 Å². The Hall–Kier alpha value is -0.550. The smallest absolute Gasteiger partial charge is 0.157 e. The first-order chi connectivity index (χ1) is 7.66. The number of thioether (sulfide) groups is 1. The molecule has 2 unspecified atom stereocenters. The van der Waals surface area contributed by atoms with Crippen molar-refractivity contribution in [2.75, 3.05) is 5.75 Å². The van der Waals surface area contributed by atoms with E-state index in [1.165, 1.54) is 0 Å². The standard InChI is InChI=1S/C11H17N3S2/c1-7(2)9-6-16-11(14-9)13-8(3)10-12-4-5-15-10/h4-5,7-9H,6H2,1-3H3,(H,13,14). The maximum Gasteiger partial charge on any atom is 0.157 e. The highest BCUT2D eigenvalue weighted by Gasteiger charge is 2.22. The first-order valence-corrected chi connectivity index (χ1v) is 7.40. The minimum Gasteiger partial charge on any atom is -0.356 e. The van der Waals surface area contributed by atoms with Crippen LogP contribution in [0.15, 0.2) is 16.6 Å². The van der Waals surface area contributed by atoms with Gasteiger partial charge in [0.05, 0.1) is 12.1 Å². The van der Waals surface area contributed by atoms with Crippen LogP contribution < -0.4 is 5.32 Å². The Kier molecular flexibility index (Phi) is 3.86. The van der Waals surface area contributed by atoms with Gasteiger partial charge in [-0.2, -0.15) is 0 Å². The van der Waals surface area contributed by atoms with Crippen molar-refractivity contribution >= 4 is 28.3 Å². The topological polar surface area (TPSA) is 37.3 Å². The fraction of sp³-hybridized carbons (Fsp3) is 0.636. The average molecular weight is 255 g/mol. The first kappa shape index (κ1) is 11.9. The summed E-state index contributed by atoms with van der Waals surface area (Å²) in [5.74, 6) is 1.73. The summed E-state index contributed by atoms with van der Waals surface area (Å²) in [5.41, 5.74) is 0. The second-order valence-electron chi connectivity index (χ2n) is 4.29. The zero-order chi connectivity index (χ0) is 11.5. The van der Waals surface area contributed by atoms with Gasteiger partial charge in [0.15, 0.2) is 5.17 Å². The molecule has 0 saturated carbocycles. The second-order valence-corrected chi connectivity index (χ2v) is 6.23. The molecule has 3 nitrogen and oxygen atoms in total. The average Bonchev–Trinajstić information content (AvgIpc) is 2.87. The van der Waals surface area contributed by atoms with Crippen LogP contribution in [0, 0.1) is 5.92 Å². The highest BCUT2D eigenvalue weighted by molar-refractivity contribution is 8.14. The third-order valence-electron chi connectivity index (χ3n) is 2.61. The van der Waals surface area contributed by atoms with Gasteiger partial charge in [-0.3, -0.25) is 4.99 Å². The van der Waals surface area contributed by atoms with Crippen molar-refractivity contribution in [2.24, 2.45) is 10.9 Å². The number of rotatable bonds is 3. The third kappa shape index (κ3) is 2.77. The lowest BCUT2D eigenvalue weighted by molar-refractivity contribution is 0.541. The molecule has 0 saturated heterocycles. The summed E-state index contributed by atoms with van der Waals surface area (Å²) in [6.07, 6.45) is 1.85. The van der Waals surface area contributed by atoms with E-state index in [2.05, 4.69) is 36.1 Å². The molecule has 1 N–H and O–H groups in total. The Morgan fingerprint density at radius 2 is 2.25 bits per heavy atom. The molecule has 2 atom stereocenters. The minimum atomic E-state index is 0.261. The van der Waals surface area contributed by atoms with Crippen molar-refractivity contribution in [3.8, 4) is 0 Å². The zero-order valence-corrected chi connectivity index (χ0v) is 11.4. The summed E-state index contributed by atoms with van der Waals surface area (Å²) in [4.78, 5) is 8.99. The van der Waals surface area contributed by atoms with Crippen molar-refractivity contribution in [3.05, 3.63) is 16.6 Å². The number of thiazole rings is 1. The van der Waals surface area contributed by atoms with E-state index in [-0.39, 0.29) is 6.04 Å². The molecule has 1 aromatic rings. The molecule has 0 bridgehead atoms. The molecule has 0 spiro atoms. The van der Waals surface area contributed by atoms with Crippen LogP contribution in [0.4, 0.5) is 0 Å². The summed E-state index contributed by atoms with van der Waals surface area (Å²) < 4.78 is 0. The predicted octanol–water partition coefficient (Wildman–Crippen LogP) is 2.92. The SMILES string of the molecule is CC(NC1=NC(C(C)C)CS1)c1nccs1. The monoisotopic (exact) mass is 255 g/mol. The summed E-state index contributed by atoms with van der Waals surface area (Å²) in [5, 5.41) is 7.63. The van der Waals surface area contributed by atoms with Crippen molar-refractivity contribution < 1.29 is 0 Å². The number of hydrogen-bond acceptors (Lipinski definition) is 5. The Labute approximate surface area is 105 Å². The zero-order valence-electron chi connectivity index (χ0n) is 9.80. The van der Waals surface area contributed by atoms with Gasteiger partial charge in [0.25, 0.3) is 0 Å². The van der Waals surface area contributed by atoms with E-state index >= 15 is 0 Å². The van der Waals surface area contributed by atoms with Gasteiger partial charge in [-0.25, -0.2) is 4.98 Å². The van der Waals surface area contributed by atoms with Crippen LogP contribution >= 0.6 is 23.1 Å². The maximum atomic E-state index is 4.68. The fourth-order valence-corrected chi connectivity index (χ4v) is 3.41. The van der Waals surface area contributed by atoms with Crippen LogP contribution in [0.1, 0.15) is 31.8 Å². The molecule has 0 aromatic carbocycles. The second kappa shape index (κ2) is 5.19. The largest absolute Gasteiger partial charge is 0.356 e. The minimum absolute atomic E-state index is 0.261. The van der Waals surface area contributed by atoms with Gasteiger partial charge in [0.1, 0.15) is 5.01 Å². The van der Waals surface area contributed by atoms with Gasteiger partial charge >= 0.3 is 0 Å². The number of hydrogen-bond donors (Lipinski definition) is 1. The number of amidine groups is 1. The molecular formula is C11H17N3S2. The van der Waals surface area contributed by atoms with Crippen molar-refractivity contribution in [1.82, 2.24) is 10.3 Å². The number of nitrogens with one attached hydrogen (secondary N) is 1. The molecule has 16 heavy (non-hydrogen) atoms. The summed E-state index contributed by atoms with van der Waals surface area (Å²) >= 11 is 3.50. The van der Waals surface area contributed by atoms with Crippen LogP contribution in [-0.4, -0.2) is 21.9 Å². The lowest BCUT2D eigenvalue weighted by Crippen LogP contribution is -2.23. The fourth-order valence-electron chi connectivity index (χ4n) is 1.51. The van der Waals surface area contributed by atoms with Gasteiger partial charge in [-0.05, 0) is 12.8 Å². The molecule has 1 aromatic heterocycles. The third-order valence-corrected chi connectivity index (χ3v) is 4.57. The van der Waals surface area contributed by atoms with Gasteiger partial charge in [-0.15, -0.1) is 11.3 Å². The van der Waals surface area contributed by atoms with Gasteiger partial charge in [-0.1, -0.05) is 25.6 Å². The lowest BCUT2D eigenvalue weighted by Gasteiger charge is -2.11. The Balaban J connectivity index is 1.94. The number of aliphatic imine (C=N–C) groups is 1. The molecule has 2 heterocycles. The molecule has 88 valence electrons. The van der Waals surface area contributed by atoms with Crippen LogP contribution in [0.3, 0.4) is 0 Å². The van der Waals surface area contributed by atoms with Crippen molar-refractivity contribution in [3.63, 3.8) is 0 Å².